The number of carbonyl (C=O) groups excluding carboxylic acids is 1. The Morgan fingerprint density at radius 3 is 1.85 bits per heavy atom. The van der Waals surface area contributed by atoms with E-state index in [9.17, 15) is 9.90 Å². The molecular weight excluding hydrogens is 387 g/mol. The van der Waals surface area contributed by atoms with Crippen molar-refractivity contribution in [3.63, 3.8) is 0 Å². The molecule has 1 N–H and O–H groups in total. The molecule has 0 amide bonds. The molecule has 0 spiro atoms. The lowest BCUT2D eigenvalue weighted by molar-refractivity contribution is -0.172. The highest BCUT2D eigenvalue weighted by Crippen LogP contribution is 2.39. The smallest absolute Gasteiger partial charge is 0.338 e. The Morgan fingerprint density at radius 1 is 1.04 bits per heavy atom. The Kier molecular flexibility index (Phi) is 7.68. The third-order valence-electron chi connectivity index (χ3n) is 4.65. The van der Waals surface area contributed by atoms with Crippen LogP contribution in [0, 0.1) is 5.92 Å². The van der Waals surface area contributed by atoms with Gasteiger partial charge < -0.3 is 14.6 Å². The highest BCUT2D eigenvalue weighted by atomic mass is 35.5. The first kappa shape index (κ1) is 21.7. The van der Waals surface area contributed by atoms with Crippen LogP contribution < -0.4 is 0 Å². The van der Waals surface area contributed by atoms with E-state index in [4.69, 9.17) is 32.7 Å². The summed E-state index contributed by atoms with van der Waals surface area (Å²) in [5.41, 5.74) is -0.267. The summed E-state index contributed by atoms with van der Waals surface area (Å²) in [6.07, 6.45) is -0.681. The van der Waals surface area contributed by atoms with Gasteiger partial charge in [0.15, 0.2) is 11.7 Å². The summed E-state index contributed by atoms with van der Waals surface area (Å²) >= 11 is 12.1. The zero-order valence-electron chi connectivity index (χ0n) is 15.6. The molecule has 6 heteroatoms. The van der Waals surface area contributed by atoms with Crippen molar-refractivity contribution in [2.75, 3.05) is 13.7 Å². The molecule has 0 fully saturated rings. The first-order valence-corrected chi connectivity index (χ1v) is 9.52. The van der Waals surface area contributed by atoms with Gasteiger partial charge in [0.25, 0.3) is 0 Å². The summed E-state index contributed by atoms with van der Waals surface area (Å²) in [5.74, 6) is -0.558. The molecule has 2 aromatic rings. The lowest BCUT2D eigenvalue weighted by Gasteiger charge is -2.38. The molecule has 2 aromatic carbocycles. The van der Waals surface area contributed by atoms with Crippen LogP contribution in [0.1, 0.15) is 31.4 Å². The van der Waals surface area contributed by atoms with Gasteiger partial charge in [0.1, 0.15) is 0 Å². The fourth-order valence-electron chi connectivity index (χ4n) is 2.79. The van der Waals surface area contributed by atoms with Crippen molar-refractivity contribution in [1.29, 1.82) is 0 Å². The molecule has 0 aliphatic rings. The van der Waals surface area contributed by atoms with Crippen LogP contribution in [0.4, 0.5) is 0 Å². The number of aliphatic hydroxyl groups excluding tert-OH is 1. The summed E-state index contributed by atoms with van der Waals surface area (Å²) < 4.78 is 11.1. The van der Waals surface area contributed by atoms with Crippen LogP contribution in [-0.4, -0.2) is 30.9 Å². The molecule has 4 nitrogen and oxygen atoms in total. The van der Waals surface area contributed by atoms with Crippen molar-refractivity contribution < 1.29 is 19.4 Å². The molecule has 0 saturated carbocycles. The lowest BCUT2D eigenvalue weighted by atomic mass is 9.81. The number of benzene rings is 2. The van der Waals surface area contributed by atoms with E-state index in [1.165, 1.54) is 7.11 Å². The Balaban J connectivity index is 2.68. The van der Waals surface area contributed by atoms with Crippen LogP contribution in [0.3, 0.4) is 0 Å². The molecule has 27 heavy (non-hydrogen) atoms. The van der Waals surface area contributed by atoms with E-state index in [0.29, 0.717) is 27.8 Å². The van der Waals surface area contributed by atoms with E-state index >= 15 is 0 Å². The summed E-state index contributed by atoms with van der Waals surface area (Å²) in [6, 6.07) is 13.7. The predicted octanol–water partition coefficient (Wildman–Crippen LogP) is 4.83. The zero-order valence-corrected chi connectivity index (χ0v) is 17.1. The number of hydrogen-bond donors (Lipinski definition) is 1. The van der Waals surface area contributed by atoms with Gasteiger partial charge in [-0.3, -0.25) is 0 Å². The largest absolute Gasteiger partial charge is 0.467 e. The van der Waals surface area contributed by atoms with Crippen molar-refractivity contribution in [1.82, 2.24) is 0 Å². The molecule has 146 valence electrons. The highest BCUT2D eigenvalue weighted by molar-refractivity contribution is 6.30. The fourth-order valence-corrected chi connectivity index (χ4v) is 3.04. The summed E-state index contributed by atoms with van der Waals surface area (Å²) in [4.78, 5) is 12.3. The molecule has 0 bridgehead atoms. The molecular formula is C21H24Cl2O4. The van der Waals surface area contributed by atoms with Crippen LogP contribution in [0.15, 0.2) is 48.5 Å². The van der Waals surface area contributed by atoms with Gasteiger partial charge in [-0.1, -0.05) is 67.7 Å². The van der Waals surface area contributed by atoms with Crippen molar-refractivity contribution in [2.24, 2.45) is 5.92 Å². The van der Waals surface area contributed by atoms with Gasteiger partial charge in [-0.25, -0.2) is 4.79 Å². The summed E-state index contributed by atoms with van der Waals surface area (Å²) in [6.45, 7) is 4.44. The van der Waals surface area contributed by atoms with Crippen molar-refractivity contribution >= 4 is 29.2 Å². The summed E-state index contributed by atoms with van der Waals surface area (Å²) in [5, 5.41) is 12.1. The topological polar surface area (TPSA) is 55.8 Å². The standard InChI is InChI=1S/C21H24Cl2O4/c1-4-14(2)13-27-21(19(24)20(25)26-3,15-5-9-17(22)10-6-15)16-7-11-18(23)12-8-16/h5-12,14,19,24H,4,13H2,1-3H3. The second-order valence-electron chi connectivity index (χ2n) is 6.50. The quantitative estimate of drug-likeness (QED) is 0.632. The van der Waals surface area contributed by atoms with E-state index in [1.54, 1.807) is 48.5 Å². The Morgan fingerprint density at radius 2 is 1.48 bits per heavy atom. The predicted molar refractivity (Wildman–Crippen MR) is 107 cm³/mol. The van der Waals surface area contributed by atoms with E-state index in [0.717, 1.165) is 6.42 Å². The number of hydrogen-bond acceptors (Lipinski definition) is 4. The highest BCUT2D eigenvalue weighted by Gasteiger charge is 2.47. The number of carbonyl (C=O) groups is 1. The summed E-state index contributed by atoms with van der Waals surface area (Å²) in [7, 11) is 1.23. The number of rotatable bonds is 8. The van der Waals surface area contributed by atoms with Crippen molar-refractivity contribution in [3.05, 3.63) is 69.7 Å². The van der Waals surface area contributed by atoms with E-state index in [2.05, 4.69) is 6.92 Å². The van der Waals surface area contributed by atoms with Gasteiger partial charge in [0.05, 0.1) is 13.7 Å². The number of ether oxygens (including phenoxy) is 2. The van der Waals surface area contributed by atoms with Gasteiger partial charge in [-0.05, 0) is 41.3 Å². The van der Waals surface area contributed by atoms with E-state index in [1.807, 2.05) is 6.92 Å². The van der Waals surface area contributed by atoms with Crippen LogP contribution in [-0.2, 0) is 19.9 Å². The number of esters is 1. The third kappa shape index (κ3) is 4.82. The van der Waals surface area contributed by atoms with E-state index in [-0.39, 0.29) is 5.92 Å². The molecule has 2 unspecified atom stereocenters. The molecule has 0 aliphatic heterocycles. The number of halogens is 2. The van der Waals surface area contributed by atoms with Gasteiger partial charge in [-0.15, -0.1) is 0 Å². The maximum atomic E-state index is 12.3. The maximum Gasteiger partial charge on any atom is 0.338 e. The van der Waals surface area contributed by atoms with Crippen molar-refractivity contribution in [3.8, 4) is 0 Å². The average Bonchev–Trinajstić information content (AvgIpc) is 2.69. The average molecular weight is 411 g/mol. The lowest BCUT2D eigenvalue weighted by Crippen LogP contribution is -2.49. The molecule has 0 saturated heterocycles. The molecule has 2 rings (SSSR count). The fraction of sp³-hybridized carbons (Fsp3) is 0.381. The molecule has 0 radical (unpaired) electrons. The van der Waals surface area contributed by atoms with Gasteiger partial charge in [0, 0.05) is 10.0 Å². The first-order valence-electron chi connectivity index (χ1n) is 8.77. The number of aliphatic hydroxyl groups is 1. The second-order valence-corrected chi connectivity index (χ2v) is 7.37. The third-order valence-corrected chi connectivity index (χ3v) is 5.15. The molecule has 0 heterocycles. The van der Waals surface area contributed by atoms with Crippen LogP contribution in [0.25, 0.3) is 0 Å². The minimum atomic E-state index is -1.58. The second kappa shape index (κ2) is 9.56. The SMILES string of the molecule is CCC(C)COC(c1ccc(Cl)cc1)(c1ccc(Cl)cc1)C(O)C(=O)OC. The van der Waals surface area contributed by atoms with Crippen LogP contribution in [0.2, 0.25) is 10.0 Å². The van der Waals surface area contributed by atoms with Gasteiger partial charge >= 0.3 is 5.97 Å². The molecule has 2 atom stereocenters. The minimum absolute atomic E-state index is 0.230. The maximum absolute atomic E-state index is 12.3. The Labute approximate surface area is 170 Å². The number of methoxy groups -OCH3 is 1. The van der Waals surface area contributed by atoms with Crippen LogP contribution in [0.5, 0.6) is 0 Å². The van der Waals surface area contributed by atoms with E-state index < -0.39 is 17.7 Å². The zero-order chi connectivity index (χ0) is 20.0. The van der Waals surface area contributed by atoms with Gasteiger partial charge in [0.2, 0.25) is 0 Å². The molecule has 0 aromatic heterocycles. The molecule has 0 aliphatic carbocycles. The normalized spacial score (nSPS) is 13.9. The van der Waals surface area contributed by atoms with Gasteiger partial charge in [-0.2, -0.15) is 0 Å². The Hall–Kier alpha value is -1.59. The van der Waals surface area contributed by atoms with Crippen LogP contribution >= 0.6 is 23.2 Å². The Bertz CT molecular complexity index is 698. The first-order chi connectivity index (χ1) is 12.8. The minimum Gasteiger partial charge on any atom is -0.467 e. The monoisotopic (exact) mass is 410 g/mol. The van der Waals surface area contributed by atoms with Crippen molar-refractivity contribution in [2.45, 2.75) is 32.0 Å².